The smallest absolute Gasteiger partial charge is 0.408 e. The van der Waals surface area contributed by atoms with Crippen LogP contribution in [-0.4, -0.2) is 27.8 Å². The monoisotopic (exact) mass is 301 g/mol. The second-order valence-electron chi connectivity index (χ2n) is 2.75. The Kier molecular flexibility index (Phi) is 5.76. The molecule has 0 spiro atoms. The number of hydrogen-bond acceptors (Lipinski definition) is 3. The zero-order chi connectivity index (χ0) is 10.4. The zero-order valence-corrected chi connectivity index (χ0v) is 9.57. The molecule has 1 atom stereocenters. The Balaban J connectivity index is 4.10. The lowest BCUT2D eigenvalue weighted by molar-refractivity contribution is -0.140. The van der Waals surface area contributed by atoms with Gasteiger partial charge in [0.1, 0.15) is 10.7 Å². The van der Waals surface area contributed by atoms with Gasteiger partial charge in [0, 0.05) is 0 Å². The fourth-order valence-electron chi connectivity index (χ4n) is 0.732. The number of aliphatic carboxylic acids is 1. The van der Waals surface area contributed by atoms with Crippen molar-refractivity contribution in [3.8, 4) is 0 Å². The van der Waals surface area contributed by atoms with Crippen LogP contribution in [0.2, 0.25) is 0 Å². The van der Waals surface area contributed by atoms with E-state index < -0.39 is 18.1 Å². The molecule has 0 bridgehead atoms. The third-order valence-corrected chi connectivity index (χ3v) is 1.70. The van der Waals surface area contributed by atoms with E-state index in [1.807, 2.05) is 22.6 Å². The number of amides is 1. The van der Waals surface area contributed by atoms with Crippen LogP contribution in [0.15, 0.2) is 0 Å². The number of carboxylic acid groups (broad SMARTS) is 1. The van der Waals surface area contributed by atoms with Crippen LogP contribution in [0.25, 0.3) is 0 Å². The lowest BCUT2D eigenvalue weighted by Crippen LogP contribution is -2.44. The fourth-order valence-corrected chi connectivity index (χ4v) is 1.01. The molecule has 1 amide bonds. The van der Waals surface area contributed by atoms with Crippen molar-refractivity contribution in [1.82, 2.24) is 5.32 Å². The lowest BCUT2D eigenvalue weighted by Gasteiger charge is -2.16. The van der Waals surface area contributed by atoms with E-state index in [0.717, 1.165) is 0 Å². The Hall–Kier alpha value is -0.530. The minimum Gasteiger partial charge on any atom is -0.480 e. The van der Waals surface area contributed by atoms with Gasteiger partial charge < -0.3 is 15.2 Å². The summed E-state index contributed by atoms with van der Waals surface area (Å²) in [5.74, 6) is -1.22. The van der Waals surface area contributed by atoms with E-state index in [-0.39, 0.29) is 10.5 Å². The molecule has 2 N–H and O–H groups in total. The van der Waals surface area contributed by atoms with E-state index in [4.69, 9.17) is 5.11 Å². The standard InChI is InChI=1S/C7H12INO4/c1-4(2)5(6(10)11)9-7(12)13-3-8/h4-5H,3H2,1-2H3,(H,9,12)(H,10,11). The Morgan fingerprint density at radius 2 is 2.08 bits per heavy atom. The van der Waals surface area contributed by atoms with Crippen LogP contribution in [0, 0.1) is 5.92 Å². The second-order valence-corrected chi connectivity index (χ2v) is 3.37. The van der Waals surface area contributed by atoms with Crippen molar-refractivity contribution in [3.05, 3.63) is 0 Å². The molecule has 0 aromatic rings. The third-order valence-electron chi connectivity index (χ3n) is 1.39. The minimum absolute atomic E-state index is 0.167. The first-order valence-corrected chi connectivity index (χ1v) is 5.23. The number of hydrogen-bond donors (Lipinski definition) is 2. The third kappa shape index (κ3) is 4.91. The molecule has 6 heteroatoms. The summed E-state index contributed by atoms with van der Waals surface area (Å²) < 4.78 is 4.75. The van der Waals surface area contributed by atoms with Crippen LogP contribution < -0.4 is 5.32 Å². The molecule has 0 radical (unpaired) electrons. The van der Waals surface area contributed by atoms with E-state index in [2.05, 4.69) is 10.1 Å². The Morgan fingerprint density at radius 3 is 2.38 bits per heavy atom. The lowest BCUT2D eigenvalue weighted by atomic mass is 10.1. The molecule has 0 aromatic heterocycles. The normalized spacial score (nSPS) is 12.3. The molecule has 0 rings (SSSR count). The van der Waals surface area contributed by atoms with E-state index in [1.165, 1.54) is 0 Å². The molecule has 5 nitrogen and oxygen atoms in total. The van der Waals surface area contributed by atoms with Gasteiger partial charge in [0.05, 0.1) is 0 Å². The van der Waals surface area contributed by atoms with E-state index in [0.29, 0.717) is 0 Å². The first-order chi connectivity index (χ1) is 5.99. The number of alkyl halides is 1. The molecule has 0 aliphatic carbocycles. The predicted octanol–water partition coefficient (Wildman–Crippen LogP) is 1.21. The van der Waals surface area contributed by atoms with Crippen LogP contribution in [0.4, 0.5) is 4.79 Å². The first kappa shape index (κ1) is 12.5. The maximum Gasteiger partial charge on any atom is 0.408 e. The van der Waals surface area contributed by atoms with Gasteiger partial charge >= 0.3 is 12.1 Å². The number of ether oxygens (including phenoxy) is 1. The Morgan fingerprint density at radius 1 is 1.54 bits per heavy atom. The van der Waals surface area contributed by atoms with Gasteiger partial charge in [0.2, 0.25) is 0 Å². The molecule has 76 valence electrons. The van der Waals surface area contributed by atoms with Gasteiger partial charge in [0.25, 0.3) is 0 Å². The van der Waals surface area contributed by atoms with E-state index in [9.17, 15) is 9.59 Å². The number of carbonyl (C=O) groups excluding carboxylic acids is 1. The maximum absolute atomic E-state index is 10.9. The molecule has 1 unspecified atom stereocenters. The van der Waals surface area contributed by atoms with Gasteiger partial charge in [0.15, 0.2) is 0 Å². The van der Waals surface area contributed by atoms with Crippen molar-refractivity contribution in [3.63, 3.8) is 0 Å². The molecule has 0 aromatic carbocycles. The van der Waals surface area contributed by atoms with Crippen molar-refractivity contribution < 1.29 is 19.4 Å². The Labute approximate surface area is 90.0 Å². The molecule has 0 fully saturated rings. The highest BCUT2D eigenvalue weighted by molar-refractivity contribution is 14.1. The van der Waals surface area contributed by atoms with E-state index >= 15 is 0 Å². The van der Waals surface area contributed by atoms with Crippen LogP contribution in [0.1, 0.15) is 13.8 Å². The number of carbonyl (C=O) groups is 2. The summed E-state index contributed by atoms with van der Waals surface area (Å²) in [6, 6.07) is -0.893. The quantitative estimate of drug-likeness (QED) is 0.604. The Bertz CT molecular complexity index is 195. The highest BCUT2D eigenvalue weighted by atomic mass is 127. The summed E-state index contributed by atoms with van der Waals surface area (Å²) in [7, 11) is 0. The summed E-state index contributed by atoms with van der Waals surface area (Å²) in [5, 5.41) is 10.9. The van der Waals surface area contributed by atoms with Crippen molar-refractivity contribution in [1.29, 1.82) is 0 Å². The van der Waals surface area contributed by atoms with Crippen molar-refractivity contribution >= 4 is 34.7 Å². The number of alkyl carbamates (subject to hydrolysis) is 1. The summed E-state index contributed by atoms with van der Waals surface area (Å²) >= 11 is 1.85. The molecular formula is C7H12INO4. The van der Waals surface area contributed by atoms with Crippen LogP contribution in [0.5, 0.6) is 0 Å². The second kappa shape index (κ2) is 6.01. The number of nitrogens with one attached hydrogen (secondary N) is 1. The fraction of sp³-hybridized carbons (Fsp3) is 0.714. The predicted molar refractivity (Wildman–Crippen MR) is 54.8 cm³/mol. The zero-order valence-electron chi connectivity index (χ0n) is 7.41. The van der Waals surface area contributed by atoms with Gasteiger partial charge in [-0.3, -0.25) is 0 Å². The minimum atomic E-state index is -1.06. The highest BCUT2D eigenvalue weighted by Crippen LogP contribution is 2.02. The maximum atomic E-state index is 10.9. The van der Waals surface area contributed by atoms with Crippen molar-refractivity contribution in [2.75, 3.05) is 4.61 Å². The van der Waals surface area contributed by atoms with Crippen molar-refractivity contribution in [2.45, 2.75) is 19.9 Å². The SMILES string of the molecule is CC(C)C(NC(=O)OCI)C(=O)O. The van der Waals surface area contributed by atoms with Crippen molar-refractivity contribution in [2.24, 2.45) is 5.92 Å². The molecular weight excluding hydrogens is 289 g/mol. The highest BCUT2D eigenvalue weighted by Gasteiger charge is 2.23. The number of halogens is 1. The summed E-state index contributed by atoms with van der Waals surface area (Å²) in [4.78, 5) is 21.5. The van der Waals surface area contributed by atoms with Gasteiger partial charge in [-0.2, -0.15) is 0 Å². The van der Waals surface area contributed by atoms with Gasteiger partial charge in [-0.15, -0.1) is 0 Å². The van der Waals surface area contributed by atoms with E-state index in [1.54, 1.807) is 13.8 Å². The van der Waals surface area contributed by atoms with Gasteiger partial charge in [-0.05, 0) is 28.5 Å². The number of rotatable bonds is 4. The average molecular weight is 301 g/mol. The molecule has 0 saturated heterocycles. The summed E-state index contributed by atoms with van der Waals surface area (Å²) in [5.41, 5.74) is 0. The van der Waals surface area contributed by atoms with Crippen LogP contribution in [-0.2, 0) is 9.53 Å². The molecule has 0 aliphatic heterocycles. The molecule has 0 aliphatic rings. The largest absolute Gasteiger partial charge is 0.480 e. The summed E-state index contributed by atoms with van der Waals surface area (Å²) in [6.07, 6.45) is -0.699. The molecule has 13 heavy (non-hydrogen) atoms. The van der Waals surface area contributed by atoms with Gasteiger partial charge in [-0.25, -0.2) is 9.59 Å². The van der Waals surface area contributed by atoms with Crippen LogP contribution in [0.3, 0.4) is 0 Å². The van der Waals surface area contributed by atoms with Gasteiger partial charge in [-0.1, -0.05) is 13.8 Å². The average Bonchev–Trinajstić information content (AvgIpc) is 1.99. The number of carboxylic acids is 1. The molecule has 0 saturated carbocycles. The van der Waals surface area contributed by atoms with Crippen LogP contribution >= 0.6 is 22.6 Å². The molecule has 0 heterocycles. The summed E-state index contributed by atoms with van der Waals surface area (Å²) in [6.45, 7) is 3.42. The topological polar surface area (TPSA) is 75.6 Å². The first-order valence-electron chi connectivity index (χ1n) is 3.71.